The van der Waals surface area contributed by atoms with E-state index in [9.17, 15) is 0 Å². The van der Waals surface area contributed by atoms with Crippen molar-refractivity contribution in [3.63, 3.8) is 0 Å². The van der Waals surface area contributed by atoms with Gasteiger partial charge in [0.05, 0.1) is 5.32 Å². The number of nitrogens with zero attached hydrogens (tertiary/aromatic N) is 2. The highest BCUT2D eigenvalue weighted by atomic mass is 28.4. The quantitative estimate of drug-likeness (QED) is 0.771. The molecule has 0 amide bonds. The van der Waals surface area contributed by atoms with Crippen LogP contribution in [0.4, 0.5) is 0 Å². The van der Waals surface area contributed by atoms with E-state index in [4.69, 9.17) is 4.43 Å². The summed E-state index contributed by atoms with van der Waals surface area (Å²) in [4.78, 5) is 0. The normalized spacial score (nSPS) is 21.1. The maximum Gasteiger partial charge on any atom is 0.245 e. The van der Waals surface area contributed by atoms with Gasteiger partial charge < -0.3 is 4.43 Å². The van der Waals surface area contributed by atoms with E-state index in [1.165, 1.54) is 32.1 Å². The molecular formula is C13H22N2OSi. The number of aromatic nitrogens is 2. The molecule has 0 spiro atoms. The Bertz CT molecular complexity index is 341. The Labute approximate surface area is 105 Å². The second kappa shape index (κ2) is 5.73. The maximum absolute atomic E-state index is 6.19. The molecule has 1 heterocycles. The summed E-state index contributed by atoms with van der Waals surface area (Å²) in [5.74, 6) is 0. The van der Waals surface area contributed by atoms with Crippen molar-refractivity contribution in [3.8, 4) is 0 Å². The molecule has 0 N–H and O–H groups in total. The average Bonchev–Trinajstić information content (AvgIpc) is 2.41. The number of rotatable bonds is 4. The van der Waals surface area contributed by atoms with Crippen molar-refractivity contribution in [3.05, 3.63) is 18.3 Å². The molecule has 1 aliphatic rings. The first kappa shape index (κ1) is 12.7. The van der Waals surface area contributed by atoms with Gasteiger partial charge in [0.15, 0.2) is 0 Å². The Balaban J connectivity index is 2.24. The zero-order chi connectivity index (χ0) is 12.1. The molecule has 0 saturated heterocycles. The van der Waals surface area contributed by atoms with Gasteiger partial charge in [0.2, 0.25) is 8.32 Å². The van der Waals surface area contributed by atoms with Gasteiger partial charge in [0.1, 0.15) is 0 Å². The van der Waals surface area contributed by atoms with Crippen LogP contribution in [0.1, 0.15) is 39.0 Å². The minimum absolute atomic E-state index is 0.716. The van der Waals surface area contributed by atoms with Gasteiger partial charge in [-0.2, -0.15) is 10.2 Å². The van der Waals surface area contributed by atoms with E-state index in [1.54, 1.807) is 6.20 Å². The molecule has 1 aromatic rings. The van der Waals surface area contributed by atoms with E-state index in [1.807, 2.05) is 6.07 Å². The minimum Gasteiger partial charge on any atom is -0.411 e. The molecule has 1 saturated carbocycles. The van der Waals surface area contributed by atoms with Crippen LogP contribution in [-0.2, 0) is 4.43 Å². The van der Waals surface area contributed by atoms with Crippen molar-refractivity contribution in [1.29, 1.82) is 0 Å². The van der Waals surface area contributed by atoms with Crippen molar-refractivity contribution < 1.29 is 4.43 Å². The lowest BCUT2D eigenvalue weighted by molar-refractivity contribution is 0.310. The van der Waals surface area contributed by atoms with Crippen LogP contribution in [-0.4, -0.2) is 25.1 Å². The molecule has 1 fully saturated rings. The first-order valence-electron chi connectivity index (χ1n) is 6.69. The first-order chi connectivity index (χ1) is 8.27. The molecule has 1 aromatic heterocycles. The number of hydrogen-bond donors (Lipinski definition) is 0. The zero-order valence-electron chi connectivity index (χ0n) is 10.9. The highest BCUT2D eigenvalue weighted by Gasteiger charge is 2.42. The Hall–Kier alpha value is -0.743. The van der Waals surface area contributed by atoms with Crippen molar-refractivity contribution in [2.24, 2.45) is 0 Å². The lowest BCUT2D eigenvalue weighted by Crippen LogP contribution is -2.54. The van der Waals surface area contributed by atoms with E-state index >= 15 is 0 Å². The summed E-state index contributed by atoms with van der Waals surface area (Å²) in [5, 5.41) is 9.48. The number of hydrogen-bond acceptors (Lipinski definition) is 3. The molecule has 1 aliphatic carbocycles. The topological polar surface area (TPSA) is 35.0 Å². The maximum atomic E-state index is 6.19. The Kier molecular flexibility index (Phi) is 4.29. The van der Waals surface area contributed by atoms with E-state index in [-0.39, 0.29) is 0 Å². The summed E-state index contributed by atoms with van der Waals surface area (Å²) in [6.45, 7) is 5.19. The van der Waals surface area contributed by atoms with Crippen LogP contribution in [0.2, 0.25) is 12.1 Å². The van der Waals surface area contributed by atoms with Crippen LogP contribution in [0, 0.1) is 0 Å². The summed E-state index contributed by atoms with van der Waals surface area (Å²) in [7, 11) is -1.90. The van der Waals surface area contributed by atoms with E-state index in [0.29, 0.717) is 5.54 Å². The summed E-state index contributed by atoms with van der Waals surface area (Å²) in [6.07, 6.45) is 8.43. The molecule has 0 aromatic carbocycles. The van der Waals surface area contributed by atoms with Crippen molar-refractivity contribution in [1.82, 2.24) is 10.2 Å². The van der Waals surface area contributed by atoms with Crippen molar-refractivity contribution in [2.75, 3.05) is 6.61 Å². The minimum atomic E-state index is -1.90. The van der Waals surface area contributed by atoms with Gasteiger partial charge in [-0.3, -0.25) is 0 Å². The Morgan fingerprint density at radius 2 is 2.12 bits per heavy atom. The predicted octanol–water partition coefficient (Wildman–Crippen LogP) is 2.63. The standard InChI is InChI=1S/C13H22N2OSi/c1-3-16-17(2,12-8-5-4-6-9-12)13-10-7-11-14-15-13/h7,10-12H,3-6,8-9H2,1-2H3. The lowest BCUT2D eigenvalue weighted by Gasteiger charge is -2.36. The second-order valence-electron chi connectivity index (χ2n) is 4.98. The van der Waals surface area contributed by atoms with Crippen LogP contribution >= 0.6 is 0 Å². The SMILES string of the molecule is CCO[Si](C)(c1cccnn1)C1CCCCC1. The van der Waals surface area contributed by atoms with E-state index in [2.05, 4.69) is 29.7 Å². The molecule has 3 nitrogen and oxygen atoms in total. The van der Waals surface area contributed by atoms with Crippen molar-refractivity contribution in [2.45, 2.75) is 51.1 Å². The molecule has 0 bridgehead atoms. The zero-order valence-corrected chi connectivity index (χ0v) is 11.9. The highest BCUT2D eigenvalue weighted by molar-refractivity contribution is 6.86. The first-order valence-corrected chi connectivity index (χ1v) is 9.18. The van der Waals surface area contributed by atoms with Crippen LogP contribution < -0.4 is 5.32 Å². The van der Waals surface area contributed by atoms with E-state index < -0.39 is 8.32 Å². The third-order valence-corrected chi connectivity index (χ3v) is 8.22. The average molecular weight is 250 g/mol. The third-order valence-electron chi connectivity index (χ3n) is 3.91. The van der Waals surface area contributed by atoms with Gasteiger partial charge >= 0.3 is 0 Å². The highest BCUT2D eigenvalue weighted by Crippen LogP contribution is 2.36. The predicted molar refractivity (Wildman–Crippen MR) is 71.7 cm³/mol. The molecule has 4 heteroatoms. The lowest BCUT2D eigenvalue weighted by atomic mass is 10.0. The Morgan fingerprint density at radius 3 is 2.71 bits per heavy atom. The van der Waals surface area contributed by atoms with Gasteiger partial charge in [-0.25, -0.2) is 0 Å². The molecular weight excluding hydrogens is 228 g/mol. The fourth-order valence-corrected chi connectivity index (χ4v) is 6.52. The molecule has 94 valence electrons. The van der Waals surface area contributed by atoms with Crippen LogP contribution in [0.15, 0.2) is 18.3 Å². The molecule has 1 atom stereocenters. The molecule has 1 unspecified atom stereocenters. The van der Waals surface area contributed by atoms with Gasteiger partial charge in [-0.05, 0) is 31.1 Å². The monoisotopic (exact) mass is 250 g/mol. The molecule has 2 rings (SSSR count). The molecule has 17 heavy (non-hydrogen) atoms. The summed E-state index contributed by atoms with van der Waals surface area (Å²) in [5.41, 5.74) is 0.716. The van der Waals surface area contributed by atoms with Crippen LogP contribution in [0.3, 0.4) is 0 Å². The smallest absolute Gasteiger partial charge is 0.245 e. The van der Waals surface area contributed by atoms with Crippen LogP contribution in [0.5, 0.6) is 0 Å². The largest absolute Gasteiger partial charge is 0.411 e. The van der Waals surface area contributed by atoms with E-state index in [0.717, 1.165) is 11.9 Å². The van der Waals surface area contributed by atoms with Crippen LogP contribution in [0.25, 0.3) is 0 Å². The Morgan fingerprint density at radius 1 is 1.35 bits per heavy atom. The summed E-state index contributed by atoms with van der Waals surface area (Å²) >= 11 is 0. The van der Waals surface area contributed by atoms with Gasteiger partial charge in [0, 0.05) is 12.8 Å². The van der Waals surface area contributed by atoms with Crippen molar-refractivity contribution >= 4 is 13.6 Å². The second-order valence-corrected chi connectivity index (χ2v) is 8.82. The van der Waals surface area contributed by atoms with Gasteiger partial charge in [-0.15, -0.1) is 0 Å². The fourth-order valence-electron chi connectivity index (χ4n) is 2.92. The third kappa shape index (κ3) is 2.74. The fraction of sp³-hybridized carbons (Fsp3) is 0.692. The van der Waals surface area contributed by atoms with Gasteiger partial charge in [0.25, 0.3) is 0 Å². The molecule has 0 aliphatic heterocycles. The molecule has 0 radical (unpaired) electrons. The van der Waals surface area contributed by atoms with Gasteiger partial charge in [-0.1, -0.05) is 32.1 Å². The summed E-state index contributed by atoms with van der Waals surface area (Å²) in [6, 6.07) is 4.08. The summed E-state index contributed by atoms with van der Waals surface area (Å²) < 4.78 is 6.19.